The van der Waals surface area contributed by atoms with Crippen LogP contribution in [0.4, 0.5) is 0 Å². The van der Waals surface area contributed by atoms with Crippen molar-refractivity contribution in [2.45, 2.75) is 27.7 Å². The van der Waals surface area contributed by atoms with Gasteiger partial charge in [-0.05, 0) is 0 Å². The van der Waals surface area contributed by atoms with Gasteiger partial charge in [-0.3, -0.25) is 4.79 Å². The van der Waals surface area contributed by atoms with Crippen molar-refractivity contribution < 1.29 is 6.22 Å². The number of hydrogen-bond donors (Lipinski definition) is 1. The zero-order chi connectivity index (χ0) is 7.15. The predicted molar refractivity (Wildman–Crippen MR) is 37.5 cm³/mol. The van der Waals surface area contributed by atoms with Crippen LogP contribution >= 0.6 is 0 Å². The summed E-state index contributed by atoms with van der Waals surface area (Å²) in [5.41, 5.74) is 4.80. The summed E-state index contributed by atoms with van der Waals surface area (Å²) < 4.78 is 0. The minimum Gasteiger partial charge on any atom is -0.369 e. The molecule has 0 radical (unpaired) electrons. The second-order valence-electron chi connectivity index (χ2n) is 1.56. The first-order valence-electron chi connectivity index (χ1n) is 2.94. The zero-order valence-electron chi connectivity index (χ0n) is 6.06. The van der Waals surface area contributed by atoms with Crippen molar-refractivity contribution in [3.05, 3.63) is 0 Å². The highest BCUT2D eigenvalue weighted by molar-refractivity contribution is 5.75. The van der Waals surface area contributed by atoms with Crippen molar-refractivity contribution in [3.63, 3.8) is 0 Å². The lowest BCUT2D eigenvalue weighted by Crippen LogP contribution is -2.17. The number of amides is 1. The van der Waals surface area contributed by atoms with E-state index in [1.165, 1.54) is 0 Å². The molecule has 0 aromatic heterocycles. The predicted octanol–water partition coefficient (Wildman–Crippen LogP) is 1.40. The Labute approximate surface area is 52.6 Å². The van der Waals surface area contributed by atoms with E-state index in [4.69, 9.17) is 5.73 Å². The molecule has 0 aliphatic heterocycles. The van der Waals surface area contributed by atoms with Crippen LogP contribution in [0.3, 0.4) is 0 Å². The van der Waals surface area contributed by atoms with Crippen LogP contribution in [0, 0.1) is 5.92 Å². The Balaban J connectivity index is -0.000000109. The van der Waals surface area contributed by atoms with Gasteiger partial charge in [-0.25, -0.2) is 0 Å². The second-order valence-corrected chi connectivity index (χ2v) is 1.56. The Hall–Kier alpha value is -0.530. The average Bonchev–Trinajstić information content (AvgIpc) is 1.72. The number of carbonyl (C=O) groups is 1. The molecule has 1 amide bonds. The summed E-state index contributed by atoms with van der Waals surface area (Å²) in [6.07, 6.45) is 0. The molecule has 0 aromatic carbocycles. The lowest BCUT2D eigenvalue weighted by atomic mass is 10.2. The normalized spacial score (nSPS) is 7.62. The van der Waals surface area contributed by atoms with E-state index in [-0.39, 0.29) is 13.3 Å². The molecule has 52 valence electrons. The molecule has 0 saturated carbocycles. The van der Waals surface area contributed by atoms with Crippen LogP contribution in [0.1, 0.15) is 29.1 Å². The third-order valence-electron chi connectivity index (χ3n) is 0.569. The molecule has 8 heavy (non-hydrogen) atoms. The molecule has 0 unspecified atom stereocenters. The lowest BCUT2D eigenvalue weighted by molar-refractivity contribution is -0.120. The highest BCUT2D eigenvalue weighted by Crippen LogP contribution is 1.84. The molecule has 0 aromatic rings. The molecule has 0 saturated heterocycles. The minimum absolute atomic E-state index is 0. The molecule has 0 aliphatic carbocycles. The summed E-state index contributed by atoms with van der Waals surface area (Å²) in [7, 11) is 0. The van der Waals surface area contributed by atoms with Gasteiger partial charge in [0, 0.05) is 7.34 Å². The van der Waals surface area contributed by atoms with Crippen molar-refractivity contribution in [2.24, 2.45) is 11.7 Å². The van der Waals surface area contributed by atoms with Crippen LogP contribution in [0.5, 0.6) is 0 Å². The summed E-state index contributed by atoms with van der Waals surface area (Å²) in [5, 5.41) is 0. The number of hydrogen-bond acceptors (Lipinski definition) is 1. The van der Waals surface area contributed by atoms with Gasteiger partial charge in [0.15, 0.2) is 0 Å². The smallest absolute Gasteiger partial charge is 0.219 e. The van der Waals surface area contributed by atoms with Crippen LogP contribution in [0.25, 0.3) is 0 Å². The second kappa shape index (κ2) is 6.47. The highest BCUT2D eigenvalue weighted by Gasteiger charge is 1.96. The maximum atomic E-state index is 9.92. The van der Waals surface area contributed by atoms with E-state index in [2.05, 4.69) is 0 Å². The van der Waals surface area contributed by atoms with Crippen molar-refractivity contribution in [1.82, 2.24) is 0 Å². The van der Waals surface area contributed by atoms with E-state index in [0.717, 1.165) is 0 Å². The van der Waals surface area contributed by atoms with E-state index in [1.54, 1.807) is 13.8 Å². The summed E-state index contributed by atoms with van der Waals surface area (Å²) in [4.78, 5) is 9.92. The van der Waals surface area contributed by atoms with Gasteiger partial charge in [0.25, 0.3) is 0 Å². The first-order chi connectivity index (χ1) is 3.64. The first kappa shape index (κ1) is 10.5. The standard InChI is InChI=1S/C4H9NO.C2H6.H2/c1-3(2)4(5)6;1-2;/h3H,1-2H3,(H2,5,6);1-2H3;1H. The van der Waals surface area contributed by atoms with E-state index in [0.29, 0.717) is 0 Å². The molecular formula is C6H17NO. The van der Waals surface area contributed by atoms with Gasteiger partial charge >= 0.3 is 0 Å². The third kappa shape index (κ3) is 9.08. The number of nitrogens with two attached hydrogens (primary N) is 1. The van der Waals surface area contributed by atoms with Crippen molar-refractivity contribution in [2.75, 3.05) is 0 Å². The van der Waals surface area contributed by atoms with Gasteiger partial charge in [-0.1, -0.05) is 27.7 Å². The SMILES string of the molecule is CC.CC(C)C(N)=O.[HH]. The fourth-order valence-corrected chi connectivity index (χ4v) is 0. The lowest BCUT2D eigenvalue weighted by Gasteiger charge is -1.90. The summed E-state index contributed by atoms with van der Waals surface area (Å²) >= 11 is 0. The van der Waals surface area contributed by atoms with Crippen LogP contribution in [-0.4, -0.2) is 5.91 Å². The van der Waals surface area contributed by atoms with Crippen LogP contribution in [-0.2, 0) is 4.79 Å². The minimum atomic E-state index is -0.241. The molecular weight excluding hydrogens is 102 g/mol. The van der Waals surface area contributed by atoms with Gasteiger partial charge in [0.2, 0.25) is 5.91 Å². The largest absolute Gasteiger partial charge is 0.369 e. The van der Waals surface area contributed by atoms with Crippen molar-refractivity contribution in [3.8, 4) is 0 Å². The molecule has 2 nitrogen and oxygen atoms in total. The van der Waals surface area contributed by atoms with Gasteiger partial charge in [-0.2, -0.15) is 0 Å². The number of primary amides is 1. The van der Waals surface area contributed by atoms with Gasteiger partial charge < -0.3 is 5.73 Å². The Bertz CT molecular complexity index is 64.1. The summed E-state index contributed by atoms with van der Waals surface area (Å²) in [6.45, 7) is 7.53. The average molecular weight is 119 g/mol. The number of carbonyl (C=O) groups excluding carboxylic acids is 1. The molecule has 2 heteroatoms. The highest BCUT2D eigenvalue weighted by atomic mass is 16.1. The molecule has 0 spiro atoms. The quantitative estimate of drug-likeness (QED) is 0.557. The van der Waals surface area contributed by atoms with Gasteiger partial charge in [0.1, 0.15) is 0 Å². The molecule has 0 atom stereocenters. The fourth-order valence-electron chi connectivity index (χ4n) is 0. The summed E-state index contributed by atoms with van der Waals surface area (Å²) in [6, 6.07) is 0. The Morgan fingerprint density at radius 2 is 1.62 bits per heavy atom. The molecule has 0 fully saturated rings. The molecule has 0 bridgehead atoms. The van der Waals surface area contributed by atoms with E-state index in [1.807, 2.05) is 13.8 Å². The maximum Gasteiger partial charge on any atom is 0.219 e. The molecule has 0 aliphatic rings. The van der Waals surface area contributed by atoms with E-state index >= 15 is 0 Å². The van der Waals surface area contributed by atoms with E-state index < -0.39 is 0 Å². The summed E-state index contributed by atoms with van der Waals surface area (Å²) in [5.74, 6) is -0.250. The topological polar surface area (TPSA) is 43.1 Å². The van der Waals surface area contributed by atoms with Gasteiger partial charge in [-0.15, -0.1) is 0 Å². The van der Waals surface area contributed by atoms with Crippen LogP contribution < -0.4 is 5.73 Å². The fraction of sp³-hybridized carbons (Fsp3) is 0.833. The van der Waals surface area contributed by atoms with E-state index in [9.17, 15) is 4.79 Å². The number of rotatable bonds is 1. The Morgan fingerprint density at radius 1 is 1.50 bits per heavy atom. The molecule has 0 rings (SSSR count). The maximum absolute atomic E-state index is 9.92. The van der Waals surface area contributed by atoms with Crippen LogP contribution in [0.15, 0.2) is 0 Å². The Morgan fingerprint density at radius 3 is 1.62 bits per heavy atom. The third-order valence-corrected chi connectivity index (χ3v) is 0.569. The zero-order valence-corrected chi connectivity index (χ0v) is 6.06. The van der Waals surface area contributed by atoms with Crippen molar-refractivity contribution in [1.29, 1.82) is 0 Å². The monoisotopic (exact) mass is 119 g/mol. The molecule has 2 N–H and O–H groups in total. The van der Waals surface area contributed by atoms with Gasteiger partial charge in [0.05, 0.1) is 0 Å². The van der Waals surface area contributed by atoms with Crippen molar-refractivity contribution >= 4 is 5.91 Å². The Kier molecular flexibility index (Phi) is 8.45. The first-order valence-corrected chi connectivity index (χ1v) is 2.94. The van der Waals surface area contributed by atoms with Crippen LogP contribution in [0.2, 0.25) is 0 Å². The molecule has 0 heterocycles.